The fraction of sp³-hybridized carbons (Fsp3) is 0.308. The van der Waals surface area contributed by atoms with Gasteiger partial charge in [0.25, 0.3) is 0 Å². The van der Waals surface area contributed by atoms with Crippen LogP contribution in [-0.4, -0.2) is 31.2 Å². The number of fused-ring (bicyclic) bond motifs is 1. The maximum absolute atomic E-state index is 6.21. The van der Waals surface area contributed by atoms with Crippen molar-refractivity contribution in [1.29, 1.82) is 0 Å². The molecular weight excluding hydrogens is 269 g/mol. The second kappa shape index (κ2) is 4.92. The molecule has 1 aliphatic rings. The molecule has 1 aromatic heterocycles. The Labute approximate surface area is 116 Å². The lowest BCUT2D eigenvalue weighted by Crippen LogP contribution is -2.43. The Morgan fingerprint density at radius 1 is 1.11 bits per heavy atom. The summed E-state index contributed by atoms with van der Waals surface area (Å²) in [6.07, 6.45) is 1.79. The molecular formula is C13H13Cl2N3. The van der Waals surface area contributed by atoms with Crippen LogP contribution in [0.4, 0.5) is 5.69 Å². The molecule has 3 rings (SSSR count). The van der Waals surface area contributed by atoms with Crippen LogP contribution in [0.3, 0.4) is 0 Å². The molecule has 3 nitrogen and oxygen atoms in total. The van der Waals surface area contributed by atoms with E-state index in [1.165, 1.54) is 5.69 Å². The molecule has 1 aromatic carbocycles. The van der Waals surface area contributed by atoms with Crippen LogP contribution in [0.25, 0.3) is 10.9 Å². The van der Waals surface area contributed by atoms with Crippen molar-refractivity contribution < 1.29 is 0 Å². The number of benzene rings is 1. The topological polar surface area (TPSA) is 28.2 Å². The van der Waals surface area contributed by atoms with Gasteiger partial charge in [-0.2, -0.15) is 0 Å². The molecule has 1 saturated heterocycles. The first-order chi connectivity index (χ1) is 8.77. The van der Waals surface area contributed by atoms with Crippen molar-refractivity contribution in [3.05, 3.63) is 34.4 Å². The van der Waals surface area contributed by atoms with Gasteiger partial charge in [-0.15, -0.1) is 0 Å². The summed E-state index contributed by atoms with van der Waals surface area (Å²) in [5.74, 6) is 0. The van der Waals surface area contributed by atoms with Gasteiger partial charge in [0.15, 0.2) is 0 Å². The highest BCUT2D eigenvalue weighted by Gasteiger charge is 2.15. The Morgan fingerprint density at radius 2 is 1.89 bits per heavy atom. The van der Waals surface area contributed by atoms with E-state index in [-0.39, 0.29) is 0 Å². The van der Waals surface area contributed by atoms with Gasteiger partial charge in [-0.25, -0.2) is 0 Å². The maximum Gasteiger partial charge on any atom is 0.0924 e. The maximum atomic E-state index is 6.21. The lowest BCUT2D eigenvalue weighted by Gasteiger charge is -2.30. The summed E-state index contributed by atoms with van der Waals surface area (Å²) in [5, 5.41) is 5.50. The van der Waals surface area contributed by atoms with Gasteiger partial charge in [-0.1, -0.05) is 23.2 Å². The highest BCUT2D eigenvalue weighted by atomic mass is 35.5. The van der Waals surface area contributed by atoms with Gasteiger partial charge in [0.2, 0.25) is 0 Å². The average Bonchev–Trinajstić information content (AvgIpc) is 2.43. The SMILES string of the molecule is Clc1ccc2c(N3CCNCC3)ccnc2c1Cl. The highest BCUT2D eigenvalue weighted by Crippen LogP contribution is 2.34. The molecule has 1 N–H and O–H groups in total. The predicted molar refractivity (Wildman–Crippen MR) is 76.8 cm³/mol. The second-order valence-corrected chi connectivity index (χ2v) is 5.11. The third kappa shape index (κ3) is 2.03. The van der Waals surface area contributed by atoms with Gasteiger partial charge in [0.1, 0.15) is 0 Å². The summed E-state index contributed by atoms with van der Waals surface area (Å²) in [6, 6.07) is 5.87. The first-order valence-corrected chi connectivity index (χ1v) is 6.71. The summed E-state index contributed by atoms with van der Waals surface area (Å²) in [6.45, 7) is 4.01. The number of aromatic nitrogens is 1. The second-order valence-electron chi connectivity index (χ2n) is 4.32. The number of nitrogens with one attached hydrogen (secondary N) is 1. The molecule has 94 valence electrons. The third-order valence-corrected chi connectivity index (χ3v) is 4.03. The molecule has 0 radical (unpaired) electrons. The molecule has 1 fully saturated rings. The first kappa shape index (κ1) is 12.0. The predicted octanol–water partition coefficient (Wildman–Crippen LogP) is 2.95. The molecule has 0 amide bonds. The molecule has 0 spiro atoms. The fourth-order valence-corrected chi connectivity index (χ4v) is 2.69. The van der Waals surface area contributed by atoms with E-state index >= 15 is 0 Å². The van der Waals surface area contributed by atoms with E-state index < -0.39 is 0 Å². The average molecular weight is 282 g/mol. The summed E-state index contributed by atoms with van der Waals surface area (Å²) in [7, 11) is 0. The van der Waals surface area contributed by atoms with E-state index in [0.29, 0.717) is 10.0 Å². The smallest absolute Gasteiger partial charge is 0.0924 e. The van der Waals surface area contributed by atoms with Gasteiger partial charge in [-0.05, 0) is 18.2 Å². The molecule has 1 aliphatic heterocycles. The van der Waals surface area contributed by atoms with Gasteiger partial charge in [0.05, 0.1) is 15.6 Å². The summed E-state index contributed by atoms with van der Waals surface area (Å²) in [5.41, 5.74) is 1.96. The van der Waals surface area contributed by atoms with Crippen LogP contribution < -0.4 is 10.2 Å². The Morgan fingerprint density at radius 3 is 2.67 bits per heavy atom. The minimum absolute atomic E-state index is 0.533. The Kier molecular flexibility index (Phi) is 3.29. The van der Waals surface area contributed by atoms with Crippen molar-refractivity contribution in [2.24, 2.45) is 0 Å². The van der Waals surface area contributed by atoms with Crippen LogP contribution in [0.2, 0.25) is 10.0 Å². The monoisotopic (exact) mass is 281 g/mol. The molecule has 0 aliphatic carbocycles. The van der Waals surface area contributed by atoms with Crippen LogP contribution >= 0.6 is 23.2 Å². The van der Waals surface area contributed by atoms with Gasteiger partial charge in [-0.3, -0.25) is 4.98 Å². The summed E-state index contributed by atoms with van der Waals surface area (Å²) >= 11 is 12.2. The molecule has 0 atom stereocenters. The van der Waals surface area contributed by atoms with Crippen LogP contribution in [0.15, 0.2) is 24.4 Å². The van der Waals surface area contributed by atoms with Crippen molar-refractivity contribution in [2.45, 2.75) is 0 Å². The van der Waals surface area contributed by atoms with Crippen LogP contribution in [0.1, 0.15) is 0 Å². The van der Waals surface area contributed by atoms with Crippen LogP contribution in [0.5, 0.6) is 0 Å². The van der Waals surface area contributed by atoms with Crippen molar-refractivity contribution in [3.63, 3.8) is 0 Å². The summed E-state index contributed by atoms with van der Waals surface area (Å²) < 4.78 is 0. The first-order valence-electron chi connectivity index (χ1n) is 5.96. The Balaban J connectivity index is 2.14. The largest absolute Gasteiger partial charge is 0.368 e. The van der Waals surface area contributed by atoms with E-state index in [1.54, 1.807) is 6.20 Å². The van der Waals surface area contributed by atoms with Crippen molar-refractivity contribution >= 4 is 39.8 Å². The van der Waals surface area contributed by atoms with Gasteiger partial charge >= 0.3 is 0 Å². The van der Waals surface area contributed by atoms with Crippen molar-refractivity contribution in [3.8, 4) is 0 Å². The van der Waals surface area contributed by atoms with Crippen LogP contribution in [0, 0.1) is 0 Å². The quantitative estimate of drug-likeness (QED) is 0.871. The van der Waals surface area contributed by atoms with E-state index in [2.05, 4.69) is 15.2 Å². The van der Waals surface area contributed by atoms with Crippen molar-refractivity contribution in [2.75, 3.05) is 31.1 Å². The molecule has 18 heavy (non-hydrogen) atoms. The molecule has 0 bridgehead atoms. The number of halogens is 2. The number of rotatable bonds is 1. The number of hydrogen-bond donors (Lipinski definition) is 1. The Hall–Kier alpha value is -1.03. The molecule has 0 saturated carbocycles. The standard InChI is InChI=1S/C13H13Cl2N3/c14-10-2-1-9-11(18-7-5-16-6-8-18)3-4-17-13(9)12(10)15/h1-4,16H,5-8H2. The van der Waals surface area contributed by atoms with Gasteiger partial charge in [0, 0.05) is 43.4 Å². The zero-order valence-corrected chi connectivity index (χ0v) is 11.3. The van der Waals surface area contributed by atoms with E-state index in [0.717, 1.165) is 37.1 Å². The van der Waals surface area contributed by atoms with E-state index in [4.69, 9.17) is 23.2 Å². The minimum atomic E-state index is 0.533. The fourth-order valence-electron chi connectivity index (χ4n) is 2.33. The number of piperazine rings is 1. The Bertz CT molecular complexity index is 580. The van der Waals surface area contributed by atoms with E-state index in [1.807, 2.05) is 18.2 Å². The zero-order chi connectivity index (χ0) is 12.5. The molecule has 2 heterocycles. The van der Waals surface area contributed by atoms with Crippen molar-refractivity contribution in [1.82, 2.24) is 10.3 Å². The lowest BCUT2D eigenvalue weighted by molar-refractivity contribution is 0.590. The van der Waals surface area contributed by atoms with Crippen LogP contribution in [-0.2, 0) is 0 Å². The number of hydrogen-bond acceptors (Lipinski definition) is 3. The lowest BCUT2D eigenvalue weighted by atomic mass is 10.1. The zero-order valence-electron chi connectivity index (χ0n) is 9.79. The third-order valence-electron chi connectivity index (χ3n) is 3.24. The molecule has 5 heteroatoms. The van der Waals surface area contributed by atoms with Gasteiger partial charge < -0.3 is 10.2 Å². The minimum Gasteiger partial charge on any atom is -0.368 e. The number of anilines is 1. The number of pyridine rings is 1. The summed E-state index contributed by atoms with van der Waals surface area (Å²) in [4.78, 5) is 6.69. The highest BCUT2D eigenvalue weighted by molar-refractivity contribution is 6.45. The normalized spacial score (nSPS) is 16.2. The number of nitrogens with zero attached hydrogens (tertiary/aromatic N) is 2. The molecule has 0 unspecified atom stereocenters. The van der Waals surface area contributed by atoms with E-state index in [9.17, 15) is 0 Å². The molecule has 2 aromatic rings.